The zero-order valence-electron chi connectivity index (χ0n) is 15.6. The predicted octanol–water partition coefficient (Wildman–Crippen LogP) is 5.35. The molecule has 0 aliphatic heterocycles. The van der Waals surface area contributed by atoms with E-state index in [4.69, 9.17) is 16.0 Å². The lowest BCUT2D eigenvalue weighted by atomic mass is 10.1. The number of amides is 1. The Labute approximate surface area is 172 Å². The Morgan fingerprint density at radius 2 is 1.76 bits per heavy atom. The number of fused-ring (bicyclic) bond motifs is 1. The monoisotopic (exact) mass is 403 g/mol. The third-order valence-corrected chi connectivity index (χ3v) is 5.45. The summed E-state index contributed by atoms with van der Waals surface area (Å²) in [5.41, 5.74) is 1.35. The minimum absolute atomic E-state index is 0.0178. The van der Waals surface area contributed by atoms with Crippen molar-refractivity contribution in [1.82, 2.24) is 15.1 Å². The highest BCUT2D eigenvalue weighted by Crippen LogP contribution is 2.31. The topological polar surface area (TPSA) is 59.2 Å². The second-order valence-electron chi connectivity index (χ2n) is 7.21. The molecule has 1 fully saturated rings. The first-order valence-electron chi connectivity index (χ1n) is 9.56. The van der Waals surface area contributed by atoms with Crippen LogP contribution >= 0.6 is 11.6 Å². The third kappa shape index (κ3) is 3.61. The zero-order valence-corrected chi connectivity index (χ0v) is 16.3. The number of nitrogens with zero attached hydrogens (tertiary/aromatic N) is 3. The smallest absolute Gasteiger partial charge is 0.254 e. The minimum atomic E-state index is -0.0178. The highest BCUT2D eigenvalue weighted by atomic mass is 35.5. The van der Waals surface area contributed by atoms with Crippen LogP contribution in [0.15, 0.2) is 71.1 Å². The number of carbonyl (C=O) groups is 1. The molecule has 0 spiro atoms. The van der Waals surface area contributed by atoms with Gasteiger partial charge in [0.25, 0.3) is 5.91 Å². The van der Waals surface area contributed by atoms with Gasteiger partial charge < -0.3 is 9.32 Å². The first-order valence-corrected chi connectivity index (χ1v) is 9.94. The molecule has 1 aromatic heterocycles. The SMILES string of the molecule is O=C(c1ccc2ccccc2c1)N(Cc1nnc(-c2ccccc2Cl)o1)C1CC1. The Balaban J connectivity index is 1.41. The van der Waals surface area contributed by atoms with Crippen molar-refractivity contribution in [2.75, 3.05) is 0 Å². The molecular weight excluding hydrogens is 386 g/mol. The van der Waals surface area contributed by atoms with Gasteiger partial charge in [0.15, 0.2) is 0 Å². The van der Waals surface area contributed by atoms with Crippen molar-refractivity contribution >= 4 is 28.3 Å². The van der Waals surface area contributed by atoms with Crippen LogP contribution < -0.4 is 0 Å². The Morgan fingerprint density at radius 3 is 2.55 bits per heavy atom. The van der Waals surface area contributed by atoms with Crippen LogP contribution in [0.25, 0.3) is 22.2 Å². The van der Waals surface area contributed by atoms with Crippen LogP contribution in [0, 0.1) is 0 Å². The maximum Gasteiger partial charge on any atom is 0.254 e. The van der Waals surface area contributed by atoms with E-state index in [0.717, 1.165) is 23.6 Å². The number of rotatable bonds is 5. The molecule has 1 saturated carbocycles. The molecule has 29 heavy (non-hydrogen) atoms. The van der Waals surface area contributed by atoms with Crippen molar-refractivity contribution in [1.29, 1.82) is 0 Å². The van der Waals surface area contributed by atoms with Crippen molar-refractivity contribution in [2.24, 2.45) is 0 Å². The van der Waals surface area contributed by atoms with Crippen molar-refractivity contribution in [3.63, 3.8) is 0 Å². The van der Waals surface area contributed by atoms with Gasteiger partial charge in [0.05, 0.1) is 17.1 Å². The van der Waals surface area contributed by atoms with E-state index in [2.05, 4.69) is 10.2 Å². The van der Waals surface area contributed by atoms with Gasteiger partial charge in [-0.25, -0.2) is 0 Å². The van der Waals surface area contributed by atoms with Gasteiger partial charge >= 0.3 is 0 Å². The van der Waals surface area contributed by atoms with Gasteiger partial charge in [0, 0.05) is 11.6 Å². The van der Waals surface area contributed by atoms with Gasteiger partial charge in [-0.1, -0.05) is 54.1 Å². The lowest BCUT2D eigenvalue weighted by molar-refractivity contribution is 0.0714. The van der Waals surface area contributed by atoms with Gasteiger partial charge in [0.2, 0.25) is 11.8 Å². The minimum Gasteiger partial charge on any atom is -0.419 e. The number of benzene rings is 3. The van der Waals surface area contributed by atoms with Gasteiger partial charge in [-0.15, -0.1) is 10.2 Å². The van der Waals surface area contributed by atoms with Crippen LogP contribution in [0.3, 0.4) is 0 Å². The predicted molar refractivity (Wildman–Crippen MR) is 112 cm³/mol. The van der Waals surface area contributed by atoms with Crippen LogP contribution in [0.5, 0.6) is 0 Å². The number of halogens is 1. The second-order valence-corrected chi connectivity index (χ2v) is 7.61. The highest BCUT2D eigenvalue weighted by Gasteiger charge is 2.34. The van der Waals surface area contributed by atoms with Crippen LogP contribution in [0.4, 0.5) is 0 Å². The summed E-state index contributed by atoms with van der Waals surface area (Å²) >= 11 is 6.22. The molecule has 1 aliphatic carbocycles. The Kier molecular flexibility index (Phi) is 4.52. The van der Waals surface area contributed by atoms with Crippen molar-refractivity contribution in [2.45, 2.75) is 25.4 Å². The molecule has 3 aromatic carbocycles. The average molecular weight is 404 g/mol. The number of hydrogen-bond donors (Lipinski definition) is 0. The summed E-state index contributed by atoms with van der Waals surface area (Å²) in [6.07, 6.45) is 1.98. The standard InChI is InChI=1S/C23H18ClN3O2/c24-20-8-4-3-7-19(20)22-26-25-21(29-22)14-27(18-11-12-18)23(28)17-10-9-15-5-1-2-6-16(15)13-17/h1-10,13,18H,11-12,14H2. The van der Waals surface area contributed by atoms with Gasteiger partial charge in [-0.2, -0.15) is 0 Å². The van der Waals surface area contributed by atoms with E-state index >= 15 is 0 Å². The maximum atomic E-state index is 13.2. The highest BCUT2D eigenvalue weighted by molar-refractivity contribution is 6.33. The quantitative estimate of drug-likeness (QED) is 0.450. The normalized spacial score (nSPS) is 13.6. The van der Waals surface area contributed by atoms with Gasteiger partial charge in [-0.05, 0) is 47.9 Å². The molecule has 0 radical (unpaired) electrons. The first kappa shape index (κ1) is 17.9. The summed E-state index contributed by atoms with van der Waals surface area (Å²) in [7, 11) is 0. The fourth-order valence-corrected chi connectivity index (χ4v) is 3.66. The molecule has 5 rings (SSSR count). The van der Waals surface area contributed by atoms with Gasteiger partial charge in [0.1, 0.15) is 0 Å². The van der Waals surface area contributed by atoms with Crippen molar-refractivity contribution in [3.8, 4) is 11.5 Å². The third-order valence-electron chi connectivity index (χ3n) is 5.12. The molecule has 1 amide bonds. The Hall–Kier alpha value is -3.18. The molecule has 4 aromatic rings. The fourth-order valence-electron chi connectivity index (χ4n) is 3.45. The molecular formula is C23H18ClN3O2. The number of aromatic nitrogens is 2. The summed E-state index contributed by atoms with van der Waals surface area (Å²) in [6.45, 7) is 0.285. The van der Waals surface area contributed by atoms with Crippen LogP contribution in [-0.4, -0.2) is 27.0 Å². The van der Waals surface area contributed by atoms with E-state index in [1.54, 1.807) is 6.07 Å². The number of carbonyl (C=O) groups excluding carboxylic acids is 1. The first-order chi connectivity index (χ1) is 14.2. The summed E-state index contributed by atoms with van der Waals surface area (Å²) in [6, 6.07) is 21.4. The van der Waals surface area contributed by atoms with E-state index in [-0.39, 0.29) is 18.5 Å². The van der Waals surface area contributed by atoms with E-state index < -0.39 is 0 Å². The average Bonchev–Trinajstić information content (AvgIpc) is 3.49. The molecule has 5 nitrogen and oxygen atoms in total. The van der Waals surface area contributed by atoms with Crippen molar-refractivity contribution < 1.29 is 9.21 Å². The summed E-state index contributed by atoms with van der Waals surface area (Å²) in [5, 5.41) is 11.0. The van der Waals surface area contributed by atoms with E-state index in [9.17, 15) is 4.79 Å². The Bertz CT molecular complexity index is 1200. The van der Waals surface area contributed by atoms with Crippen LogP contribution in [0.2, 0.25) is 5.02 Å². The lowest BCUT2D eigenvalue weighted by Crippen LogP contribution is -2.32. The fraction of sp³-hybridized carbons (Fsp3) is 0.174. The van der Waals surface area contributed by atoms with Crippen LogP contribution in [0.1, 0.15) is 29.1 Å². The van der Waals surface area contributed by atoms with E-state index in [1.807, 2.05) is 65.6 Å². The second kappa shape index (κ2) is 7.33. The molecule has 0 N–H and O–H groups in total. The molecule has 0 saturated heterocycles. The number of hydrogen-bond acceptors (Lipinski definition) is 4. The summed E-state index contributed by atoms with van der Waals surface area (Å²) in [4.78, 5) is 15.0. The summed E-state index contributed by atoms with van der Waals surface area (Å²) < 4.78 is 5.81. The zero-order chi connectivity index (χ0) is 19.8. The largest absolute Gasteiger partial charge is 0.419 e. The molecule has 0 unspecified atom stereocenters. The molecule has 6 heteroatoms. The Morgan fingerprint density at radius 1 is 1.00 bits per heavy atom. The van der Waals surface area contributed by atoms with E-state index in [0.29, 0.717) is 27.9 Å². The van der Waals surface area contributed by atoms with Gasteiger partial charge in [-0.3, -0.25) is 4.79 Å². The van der Waals surface area contributed by atoms with Crippen LogP contribution in [-0.2, 0) is 6.54 Å². The summed E-state index contributed by atoms with van der Waals surface area (Å²) in [5.74, 6) is 0.746. The molecule has 0 bridgehead atoms. The molecule has 1 heterocycles. The maximum absolute atomic E-state index is 13.2. The van der Waals surface area contributed by atoms with E-state index in [1.165, 1.54) is 0 Å². The molecule has 0 atom stereocenters. The molecule has 1 aliphatic rings. The lowest BCUT2D eigenvalue weighted by Gasteiger charge is -2.20. The molecule has 144 valence electrons. The van der Waals surface area contributed by atoms with Crippen molar-refractivity contribution in [3.05, 3.63) is 83.2 Å².